The van der Waals surface area contributed by atoms with Gasteiger partial charge in [-0.3, -0.25) is 19.4 Å². The number of carbonyl (C=O) groups excluding carboxylic acids is 1. The molecule has 0 spiro atoms. The number of aromatic amines is 1. The molecule has 236 valence electrons. The number of aromatic nitrogens is 5. The standard InChI is InChI=1S/C35H42N6O4/c1-24(2)10-9-11-25(3)17-20-40-32-16-15-28(41-33(43)29-13-5-6-14-31(29)37-41)22-30(32)35(45,34(40)44)26(4)12-7-8-19-39-23-27(18-21-42)36-38-39/h5-7,10,12-17,22-23,26,37,42,45H,8-9,11,18-21H2,1-4H3/b12-7+,25-17+/t26-,35+/m0/s1. The Morgan fingerprint density at radius 3 is 2.64 bits per heavy atom. The number of hydrogen-bond acceptors (Lipinski definition) is 6. The van der Waals surface area contributed by atoms with Crippen LogP contribution >= 0.6 is 0 Å². The van der Waals surface area contributed by atoms with Crippen LogP contribution in [0.25, 0.3) is 16.6 Å². The van der Waals surface area contributed by atoms with Gasteiger partial charge in [-0.25, -0.2) is 4.68 Å². The number of nitrogens with one attached hydrogen (secondary N) is 1. The minimum atomic E-state index is -1.83. The summed E-state index contributed by atoms with van der Waals surface area (Å²) in [4.78, 5) is 29.0. The van der Waals surface area contributed by atoms with E-state index in [0.29, 0.717) is 53.8 Å². The molecular weight excluding hydrogens is 568 g/mol. The molecule has 5 rings (SSSR count). The maximum atomic E-state index is 14.1. The molecule has 1 aliphatic heterocycles. The molecule has 0 aliphatic carbocycles. The summed E-state index contributed by atoms with van der Waals surface area (Å²) in [5, 5.41) is 33.2. The van der Waals surface area contributed by atoms with E-state index < -0.39 is 17.4 Å². The highest BCUT2D eigenvalue weighted by atomic mass is 16.3. The van der Waals surface area contributed by atoms with Gasteiger partial charge in [-0.15, -0.1) is 5.10 Å². The fourth-order valence-corrected chi connectivity index (χ4v) is 5.76. The van der Waals surface area contributed by atoms with Crippen LogP contribution in [0.1, 0.15) is 58.2 Å². The van der Waals surface area contributed by atoms with E-state index in [0.717, 1.165) is 18.5 Å². The SMILES string of the molecule is CC(C)=CCC/C(C)=C/CN1C(=O)[C@@](O)([C@@H](C)/C=C/CCn2cc(CCO)nn2)c2cc(-n3[nH]c4ccccc4c3=O)ccc21. The number of H-pyrrole nitrogens is 1. The van der Waals surface area contributed by atoms with Gasteiger partial charge < -0.3 is 15.1 Å². The summed E-state index contributed by atoms with van der Waals surface area (Å²) in [7, 11) is 0. The van der Waals surface area contributed by atoms with Crippen LogP contribution in [-0.4, -0.2) is 54.0 Å². The molecule has 10 heteroatoms. The van der Waals surface area contributed by atoms with Crippen LogP contribution in [0.4, 0.5) is 5.69 Å². The predicted octanol–water partition coefficient (Wildman–Crippen LogP) is 4.95. The average Bonchev–Trinajstić information content (AvgIpc) is 3.68. The third-order valence-corrected chi connectivity index (χ3v) is 8.38. The number of carbonyl (C=O) groups is 1. The van der Waals surface area contributed by atoms with Gasteiger partial charge in [-0.1, -0.05) is 59.7 Å². The Morgan fingerprint density at radius 1 is 1.09 bits per heavy atom. The number of aliphatic hydroxyl groups excluding tert-OH is 1. The van der Waals surface area contributed by atoms with Gasteiger partial charge in [0.25, 0.3) is 11.5 Å². The Kier molecular flexibility index (Phi) is 9.65. The summed E-state index contributed by atoms with van der Waals surface area (Å²) in [6, 6.07) is 12.7. The zero-order chi connectivity index (χ0) is 32.1. The van der Waals surface area contributed by atoms with Crippen molar-refractivity contribution >= 4 is 22.5 Å². The molecule has 10 nitrogen and oxygen atoms in total. The first kappa shape index (κ1) is 31.9. The van der Waals surface area contributed by atoms with E-state index in [4.69, 9.17) is 5.11 Å². The van der Waals surface area contributed by atoms with Gasteiger partial charge in [0.15, 0.2) is 5.60 Å². The summed E-state index contributed by atoms with van der Waals surface area (Å²) in [6.07, 6.45) is 12.7. The molecule has 2 aromatic heterocycles. The quantitative estimate of drug-likeness (QED) is 0.184. The molecule has 2 atom stereocenters. The van der Waals surface area contributed by atoms with E-state index in [2.05, 4.69) is 42.3 Å². The Labute approximate surface area is 263 Å². The van der Waals surface area contributed by atoms with Gasteiger partial charge >= 0.3 is 0 Å². The molecule has 3 N–H and O–H groups in total. The maximum Gasteiger partial charge on any atom is 0.279 e. The van der Waals surface area contributed by atoms with Crippen molar-refractivity contribution in [2.45, 2.75) is 65.5 Å². The molecule has 1 aliphatic rings. The van der Waals surface area contributed by atoms with Gasteiger partial charge in [0, 0.05) is 43.8 Å². The molecule has 45 heavy (non-hydrogen) atoms. The molecule has 1 amide bonds. The predicted molar refractivity (Wildman–Crippen MR) is 176 cm³/mol. The fourth-order valence-electron chi connectivity index (χ4n) is 5.76. The second-order valence-corrected chi connectivity index (χ2v) is 12.0. The highest BCUT2D eigenvalue weighted by molar-refractivity contribution is 6.07. The lowest BCUT2D eigenvalue weighted by molar-refractivity contribution is -0.139. The monoisotopic (exact) mass is 610 g/mol. The number of aryl methyl sites for hydroxylation is 1. The first-order chi connectivity index (χ1) is 21.6. The molecule has 0 unspecified atom stereocenters. The fraction of sp³-hybridized carbons (Fsp3) is 0.371. The van der Waals surface area contributed by atoms with E-state index >= 15 is 0 Å². The summed E-state index contributed by atoms with van der Waals surface area (Å²) >= 11 is 0. The lowest BCUT2D eigenvalue weighted by atomic mass is 9.82. The van der Waals surface area contributed by atoms with Gasteiger partial charge in [0.1, 0.15) is 0 Å². The van der Waals surface area contributed by atoms with Crippen molar-refractivity contribution in [1.29, 1.82) is 0 Å². The number of rotatable bonds is 13. The van der Waals surface area contributed by atoms with Gasteiger partial charge in [-0.2, -0.15) is 0 Å². The lowest BCUT2D eigenvalue weighted by Gasteiger charge is -2.27. The van der Waals surface area contributed by atoms with Crippen molar-refractivity contribution < 1.29 is 15.0 Å². The number of fused-ring (bicyclic) bond motifs is 2. The van der Waals surface area contributed by atoms with E-state index in [1.165, 1.54) is 15.8 Å². The Morgan fingerprint density at radius 2 is 1.89 bits per heavy atom. The van der Waals surface area contributed by atoms with Crippen molar-refractivity contribution in [3.63, 3.8) is 0 Å². The minimum absolute atomic E-state index is 0.0170. The third kappa shape index (κ3) is 6.62. The first-order valence-corrected chi connectivity index (χ1v) is 15.5. The molecule has 3 heterocycles. The van der Waals surface area contributed by atoms with Gasteiger partial charge in [-0.05, 0) is 70.4 Å². The number of benzene rings is 2. The topological polar surface area (TPSA) is 129 Å². The number of amides is 1. The highest BCUT2D eigenvalue weighted by Gasteiger charge is 2.52. The van der Waals surface area contributed by atoms with Gasteiger partial charge in [0.05, 0.1) is 28.0 Å². The Balaban J connectivity index is 1.44. The number of aliphatic hydroxyl groups is 2. The zero-order valence-electron chi connectivity index (χ0n) is 26.4. The molecule has 2 aromatic carbocycles. The van der Waals surface area contributed by atoms with Crippen LogP contribution in [0.5, 0.6) is 0 Å². The molecular formula is C35H42N6O4. The zero-order valence-corrected chi connectivity index (χ0v) is 26.4. The maximum absolute atomic E-state index is 14.1. The second kappa shape index (κ2) is 13.6. The van der Waals surface area contributed by atoms with E-state index in [9.17, 15) is 14.7 Å². The van der Waals surface area contributed by atoms with Crippen LogP contribution in [0.3, 0.4) is 0 Å². The van der Waals surface area contributed by atoms with Crippen LogP contribution in [-0.2, 0) is 23.4 Å². The van der Waals surface area contributed by atoms with Crippen molar-refractivity contribution in [2.75, 3.05) is 18.1 Å². The Hall–Kier alpha value is -4.54. The molecule has 0 bridgehead atoms. The number of nitrogens with zero attached hydrogens (tertiary/aromatic N) is 5. The first-order valence-electron chi connectivity index (χ1n) is 15.5. The summed E-state index contributed by atoms with van der Waals surface area (Å²) in [6.45, 7) is 8.97. The minimum Gasteiger partial charge on any atom is -0.396 e. The normalized spacial score (nSPS) is 17.4. The van der Waals surface area contributed by atoms with Crippen molar-refractivity contribution in [3.05, 3.63) is 106 Å². The number of allylic oxidation sites excluding steroid dienone is 4. The smallest absolute Gasteiger partial charge is 0.279 e. The van der Waals surface area contributed by atoms with Crippen molar-refractivity contribution in [3.8, 4) is 5.69 Å². The Bertz CT molecular complexity index is 1820. The molecule has 4 aromatic rings. The molecule has 0 fully saturated rings. The second-order valence-electron chi connectivity index (χ2n) is 12.0. The van der Waals surface area contributed by atoms with E-state index in [1.54, 1.807) is 34.0 Å². The third-order valence-electron chi connectivity index (χ3n) is 8.38. The van der Waals surface area contributed by atoms with Crippen molar-refractivity contribution in [1.82, 2.24) is 24.8 Å². The number of anilines is 1. The highest BCUT2D eigenvalue weighted by Crippen LogP contribution is 2.46. The summed E-state index contributed by atoms with van der Waals surface area (Å²) in [5.74, 6) is -0.957. The van der Waals surface area contributed by atoms with Crippen molar-refractivity contribution in [2.24, 2.45) is 5.92 Å². The largest absolute Gasteiger partial charge is 0.396 e. The van der Waals surface area contributed by atoms with Gasteiger partial charge in [0.2, 0.25) is 0 Å². The number of hydrogen-bond donors (Lipinski definition) is 3. The molecule has 0 saturated carbocycles. The average molecular weight is 611 g/mol. The number of para-hydroxylation sites is 1. The van der Waals surface area contributed by atoms with E-state index in [1.807, 2.05) is 49.4 Å². The van der Waals surface area contributed by atoms with Crippen LogP contribution in [0, 0.1) is 5.92 Å². The van der Waals surface area contributed by atoms with Crippen LogP contribution in [0.2, 0.25) is 0 Å². The van der Waals surface area contributed by atoms with Crippen LogP contribution in [0.15, 0.2) is 88.9 Å². The summed E-state index contributed by atoms with van der Waals surface area (Å²) < 4.78 is 3.17. The summed E-state index contributed by atoms with van der Waals surface area (Å²) in [5.41, 5.74) is 3.48. The lowest BCUT2D eigenvalue weighted by Crippen LogP contribution is -2.44. The molecule has 0 radical (unpaired) electrons. The molecule has 0 saturated heterocycles. The van der Waals surface area contributed by atoms with E-state index in [-0.39, 0.29) is 12.2 Å². The van der Waals surface area contributed by atoms with Crippen LogP contribution < -0.4 is 10.5 Å².